The van der Waals surface area contributed by atoms with Crippen molar-refractivity contribution in [2.45, 2.75) is 18.7 Å². The van der Waals surface area contributed by atoms with E-state index in [4.69, 9.17) is 7.10 Å². The Labute approximate surface area is 150 Å². The van der Waals surface area contributed by atoms with Gasteiger partial charge in [-0.3, -0.25) is 4.79 Å². The van der Waals surface area contributed by atoms with Gasteiger partial charge in [0.15, 0.2) is 11.6 Å². The zero-order valence-electron chi connectivity index (χ0n) is 14.9. The van der Waals surface area contributed by atoms with E-state index in [1.807, 2.05) is 0 Å². The minimum Gasteiger partial charge on any atom is -0.366 e. The lowest BCUT2D eigenvalue weighted by Gasteiger charge is -2.23. The summed E-state index contributed by atoms with van der Waals surface area (Å²) in [6.07, 6.45) is 2.75. The number of primary amides is 1. The van der Waals surface area contributed by atoms with E-state index in [-0.39, 0.29) is 16.8 Å². The molecule has 0 bridgehead atoms. The molecule has 2 heterocycles. The number of aromatic nitrogens is 2. The summed E-state index contributed by atoms with van der Waals surface area (Å²) < 4.78 is 39.2. The molecule has 4 rings (SSSR count). The lowest BCUT2D eigenvalue weighted by atomic mass is 9.91. The van der Waals surface area contributed by atoms with Crippen LogP contribution in [0.2, 0.25) is 0 Å². The number of hydrogen-bond donors (Lipinski definition) is 2. The summed E-state index contributed by atoms with van der Waals surface area (Å²) in [5.41, 5.74) is 5.75. The Hall–Kier alpha value is -2.80. The van der Waals surface area contributed by atoms with Crippen LogP contribution >= 0.6 is 0 Å². The van der Waals surface area contributed by atoms with E-state index >= 15 is 0 Å². The number of fused-ring (bicyclic) bond motifs is 1. The number of halogens is 2. The highest BCUT2D eigenvalue weighted by Crippen LogP contribution is 2.29. The van der Waals surface area contributed by atoms with Crippen LogP contribution < -0.4 is 11.1 Å². The number of nitrogens with zero attached hydrogens (tertiary/aromatic N) is 2. The highest BCUT2D eigenvalue weighted by Gasteiger charge is 2.21. The molecule has 0 spiro atoms. The monoisotopic (exact) mass is 357 g/mol. The van der Waals surface area contributed by atoms with Crippen molar-refractivity contribution in [1.29, 1.82) is 0 Å². The van der Waals surface area contributed by atoms with Gasteiger partial charge < -0.3 is 11.1 Å². The zero-order valence-corrected chi connectivity index (χ0v) is 13.9. The quantitative estimate of drug-likeness (QED) is 0.757. The molecule has 7 heteroatoms. The molecule has 0 saturated carbocycles. The third kappa shape index (κ3) is 2.84. The summed E-state index contributed by atoms with van der Waals surface area (Å²) in [4.78, 5) is 11.5. The van der Waals surface area contributed by atoms with Crippen LogP contribution in [0.3, 0.4) is 0 Å². The van der Waals surface area contributed by atoms with Gasteiger partial charge >= 0.3 is 0 Å². The van der Waals surface area contributed by atoms with Gasteiger partial charge in [-0.1, -0.05) is 12.1 Å². The van der Waals surface area contributed by atoms with Crippen LogP contribution in [0.25, 0.3) is 16.6 Å². The van der Waals surface area contributed by atoms with Gasteiger partial charge in [-0.2, -0.15) is 5.10 Å². The lowest BCUT2D eigenvalue weighted by molar-refractivity contribution is 0.100. The summed E-state index contributed by atoms with van der Waals surface area (Å²) in [5.74, 6) is -3.35. The number of benzene rings is 2. The van der Waals surface area contributed by atoms with Crippen molar-refractivity contribution in [3.8, 4) is 5.69 Å². The second-order valence-electron chi connectivity index (χ2n) is 6.35. The van der Waals surface area contributed by atoms with Crippen molar-refractivity contribution in [2.75, 3.05) is 13.1 Å². The Balaban J connectivity index is 1.82. The van der Waals surface area contributed by atoms with Gasteiger partial charge in [-0.25, -0.2) is 13.5 Å². The van der Waals surface area contributed by atoms with E-state index in [1.165, 1.54) is 24.4 Å². The largest absolute Gasteiger partial charge is 0.366 e. The molecule has 1 saturated heterocycles. The molecule has 1 aromatic heterocycles. The third-order valence-corrected chi connectivity index (χ3v) is 4.63. The molecule has 5 nitrogen and oxygen atoms in total. The number of carbonyl (C=O) groups is 1. The molecule has 1 unspecified atom stereocenters. The van der Waals surface area contributed by atoms with E-state index < -0.39 is 23.4 Å². The van der Waals surface area contributed by atoms with Crippen LogP contribution in [0.4, 0.5) is 8.78 Å². The number of piperidine rings is 1. The van der Waals surface area contributed by atoms with Crippen molar-refractivity contribution in [2.24, 2.45) is 5.73 Å². The lowest BCUT2D eigenvalue weighted by Crippen LogP contribution is -2.28. The SMILES string of the molecule is [2H]C1(c2cc(F)c(-n3cc4cccc(C(N)=O)c4n3)c(F)c2)CCCNC1. The normalized spacial score (nSPS) is 20.9. The Morgan fingerprint density at radius 2 is 2.12 bits per heavy atom. The molecular weight excluding hydrogens is 338 g/mol. The summed E-state index contributed by atoms with van der Waals surface area (Å²) in [5, 5.41) is 7.81. The maximum atomic E-state index is 14.8. The number of rotatable bonds is 3. The fourth-order valence-corrected chi connectivity index (χ4v) is 3.35. The van der Waals surface area contributed by atoms with Crippen molar-refractivity contribution in [3.05, 3.63) is 59.3 Å². The number of hydrogen-bond acceptors (Lipinski definition) is 3. The van der Waals surface area contributed by atoms with Crippen LogP contribution in [-0.2, 0) is 0 Å². The average molecular weight is 357 g/mol. The van der Waals surface area contributed by atoms with E-state index in [0.29, 0.717) is 23.9 Å². The van der Waals surface area contributed by atoms with E-state index in [2.05, 4.69) is 10.4 Å². The highest BCUT2D eigenvalue weighted by atomic mass is 19.1. The fourth-order valence-electron chi connectivity index (χ4n) is 3.35. The number of carbonyl (C=O) groups excluding carboxylic acids is 1. The molecule has 3 aromatic rings. The average Bonchev–Trinajstić information content (AvgIpc) is 3.05. The standard InChI is InChI=1S/C19H18F2N4O/c20-15-7-13(11-4-2-6-23-9-11)8-16(21)18(15)25-10-12-3-1-5-14(19(22)26)17(12)24-25/h1,3,5,7-8,10-11,23H,2,4,6,9H2,(H2,22,26)/i11D. The molecule has 1 aliphatic heterocycles. The highest BCUT2D eigenvalue weighted by molar-refractivity contribution is 6.04. The van der Waals surface area contributed by atoms with Crippen LogP contribution in [-0.4, -0.2) is 28.8 Å². The van der Waals surface area contributed by atoms with Gasteiger partial charge in [0.2, 0.25) is 0 Å². The molecule has 2 aromatic carbocycles. The summed E-state index contributed by atoms with van der Waals surface area (Å²) in [6, 6.07) is 7.21. The first-order valence-corrected chi connectivity index (χ1v) is 8.38. The number of amides is 1. The van der Waals surface area contributed by atoms with E-state index in [9.17, 15) is 13.6 Å². The summed E-state index contributed by atoms with van der Waals surface area (Å²) in [7, 11) is 0. The first-order chi connectivity index (χ1) is 12.9. The van der Waals surface area contributed by atoms with Crippen molar-refractivity contribution < 1.29 is 14.9 Å². The number of nitrogens with one attached hydrogen (secondary N) is 1. The van der Waals surface area contributed by atoms with Crippen LogP contribution in [0, 0.1) is 11.6 Å². The van der Waals surface area contributed by atoms with Gasteiger partial charge in [-0.05, 0) is 49.0 Å². The second kappa shape index (κ2) is 6.49. The maximum absolute atomic E-state index is 14.8. The van der Waals surface area contributed by atoms with Gasteiger partial charge in [0.25, 0.3) is 5.91 Å². The maximum Gasteiger partial charge on any atom is 0.250 e. The molecule has 0 aliphatic carbocycles. The predicted octanol–water partition coefficient (Wildman–Crippen LogP) is 2.87. The topological polar surface area (TPSA) is 72.9 Å². The molecule has 26 heavy (non-hydrogen) atoms. The molecule has 1 amide bonds. The van der Waals surface area contributed by atoms with Crippen LogP contribution in [0.5, 0.6) is 0 Å². The summed E-state index contributed by atoms with van der Waals surface area (Å²) in [6.45, 7) is 1.14. The first-order valence-electron chi connectivity index (χ1n) is 8.88. The molecule has 134 valence electrons. The Kier molecular flexibility index (Phi) is 3.86. The fraction of sp³-hybridized carbons (Fsp3) is 0.263. The Bertz CT molecular complexity index is 1020. The minimum absolute atomic E-state index is 0.182. The third-order valence-electron chi connectivity index (χ3n) is 4.63. The van der Waals surface area contributed by atoms with Gasteiger partial charge in [0, 0.05) is 19.5 Å². The molecule has 1 fully saturated rings. The second-order valence-corrected chi connectivity index (χ2v) is 6.35. The molecule has 0 radical (unpaired) electrons. The zero-order chi connectivity index (χ0) is 19.2. The van der Waals surface area contributed by atoms with Crippen LogP contribution in [0.15, 0.2) is 36.5 Å². The van der Waals surface area contributed by atoms with Gasteiger partial charge in [0.1, 0.15) is 11.2 Å². The first kappa shape index (κ1) is 15.5. The van der Waals surface area contributed by atoms with Gasteiger partial charge in [0.05, 0.1) is 5.56 Å². The Morgan fingerprint density at radius 1 is 1.35 bits per heavy atom. The van der Waals surface area contributed by atoms with Crippen LogP contribution in [0.1, 0.15) is 36.0 Å². The predicted molar refractivity (Wildman–Crippen MR) is 94.3 cm³/mol. The molecule has 3 N–H and O–H groups in total. The summed E-state index contributed by atoms with van der Waals surface area (Å²) >= 11 is 0. The Morgan fingerprint density at radius 3 is 2.77 bits per heavy atom. The smallest absolute Gasteiger partial charge is 0.250 e. The molecule has 1 aliphatic rings. The van der Waals surface area contributed by atoms with Crippen molar-refractivity contribution in [1.82, 2.24) is 15.1 Å². The molecule has 1 atom stereocenters. The van der Waals surface area contributed by atoms with E-state index in [1.54, 1.807) is 12.1 Å². The number of nitrogens with two attached hydrogens (primary N) is 1. The van der Waals surface area contributed by atoms with E-state index in [0.717, 1.165) is 17.6 Å². The van der Waals surface area contributed by atoms with Crippen molar-refractivity contribution in [3.63, 3.8) is 0 Å². The minimum atomic E-state index is -1.06. The molecular formula is C19H18F2N4O. The van der Waals surface area contributed by atoms with Crippen molar-refractivity contribution >= 4 is 16.8 Å². The van der Waals surface area contributed by atoms with Gasteiger partial charge in [-0.15, -0.1) is 0 Å².